The second-order valence-corrected chi connectivity index (χ2v) is 20.6. The van der Waals surface area contributed by atoms with Crippen LogP contribution in [0.15, 0.2) is 0 Å². The third kappa shape index (κ3) is 8.88. The molecule has 21 heavy (non-hydrogen) atoms. The largest absolute Gasteiger partial charge is 0.391 e. The molecule has 0 aliphatic rings. The van der Waals surface area contributed by atoms with Crippen molar-refractivity contribution in [3.8, 4) is 0 Å². The molecular weight excluding hydrogens is 397 g/mol. The topological polar surface area (TPSA) is 52.6 Å². The van der Waals surface area contributed by atoms with Crippen LogP contribution in [-0.2, 0) is 4.79 Å². The van der Waals surface area contributed by atoms with Gasteiger partial charge in [-0.15, -0.1) is 8.93 Å². The molecule has 0 aromatic rings. The van der Waals surface area contributed by atoms with E-state index in [1.807, 2.05) is 20.8 Å². The molecule has 0 rings (SSSR count). The minimum Gasteiger partial charge on any atom is -0.391 e. The molecule has 0 bridgehead atoms. The third-order valence-electron chi connectivity index (χ3n) is 3.02. The van der Waals surface area contributed by atoms with E-state index in [4.69, 9.17) is 0 Å². The van der Waals surface area contributed by atoms with Crippen LogP contribution >= 0.6 is 58.6 Å². The first kappa shape index (κ1) is 23.4. The van der Waals surface area contributed by atoms with Crippen LogP contribution in [0, 0.1) is 5.92 Å². The Morgan fingerprint density at radius 3 is 2.19 bits per heavy atom. The molecule has 2 N–H and O–H groups in total. The number of hydrogen-bond acceptors (Lipinski definition) is 3. The summed E-state index contributed by atoms with van der Waals surface area (Å²) in [6.45, 7) is 7.76. The molecule has 0 radical (unpaired) electrons. The Labute approximate surface area is 142 Å². The van der Waals surface area contributed by atoms with Crippen molar-refractivity contribution in [2.75, 3.05) is 0 Å². The van der Waals surface area contributed by atoms with Crippen LogP contribution in [0.4, 0.5) is 0 Å². The molecule has 0 saturated heterocycles. The molecule has 0 saturated carbocycles. The number of rotatable bonds is 9. The summed E-state index contributed by atoms with van der Waals surface area (Å²) in [6.07, 6.45) is 0.119. The standard InChI is InChI=1S/C10H29N2O2P7/c1-6(2)10(14)11-7(3)5-9(13)8(4)12(20(16)17)21(18)19-15/h6-9,13,19H,5,15-18H2,1-4H3,(H,11,14). The summed E-state index contributed by atoms with van der Waals surface area (Å²) in [7, 11) is 11.4. The van der Waals surface area contributed by atoms with Gasteiger partial charge in [0.1, 0.15) is 0 Å². The maximum Gasteiger partial charge on any atom is 0.222 e. The Hall–Kier alpha value is 2.40. The van der Waals surface area contributed by atoms with Crippen LogP contribution in [0.25, 0.3) is 0 Å². The minimum atomic E-state index is -0.453. The fourth-order valence-electron chi connectivity index (χ4n) is 1.76. The number of nitrogens with one attached hydrogen (secondary N) is 1. The summed E-state index contributed by atoms with van der Waals surface area (Å²) in [6, 6.07) is 0.0507. The van der Waals surface area contributed by atoms with Crippen LogP contribution in [0.1, 0.15) is 34.1 Å². The highest BCUT2D eigenvalue weighted by molar-refractivity contribution is 8.62. The van der Waals surface area contributed by atoms with Gasteiger partial charge < -0.3 is 10.4 Å². The van der Waals surface area contributed by atoms with Crippen molar-refractivity contribution in [1.29, 1.82) is 0 Å². The van der Waals surface area contributed by atoms with Gasteiger partial charge in [-0.3, -0.25) is 4.79 Å². The van der Waals surface area contributed by atoms with Gasteiger partial charge in [0.15, 0.2) is 0 Å². The smallest absolute Gasteiger partial charge is 0.222 e. The maximum atomic E-state index is 11.7. The van der Waals surface area contributed by atoms with Crippen molar-refractivity contribution < 1.29 is 9.90 Å². The third-order valence-corrected chi connectivity index (χ3v) is 18.5. The van der Waals surface area contributed by atoms with Crippen LogP contribution in [0.2, 0.25) is 0 Å². The number of carbonyl (C=O) groups is 1. The molecule has 0 aliphatic carbocycles. The lowest BCUT2D eigenvalue weighted by atomic mass is 10.0. The van der Waals surface area contributed by atoms with E-state index in [0.29, 0.717) is 6.42 Å². The predicted octanol–water partition coefficient (Wildman–Crippen LogP) is 4.14. The molecule has 0 heterocycles. The van der Waals surface area contributed by atoms with Crippen molar-refractivity contribution in [3.63, 3.8) is 0 Å². The lowest BCUT2D eigenvalue weighted by molar-refractivity contribution is -0.124. The summed E-state index contributed by atoms with van der Waals surface area (Å²) in [4.78, 5) is 11.7. The summed E-state index contributed by atoms with van der Waals surface area (Å²) < 4.78 is 2.37. The molecule has 4 nitrogen and oxygen atoms in total. The highest BCUT2D eigenvalue weighted by Gasteiger charge is 2.29. The number of aliphatic hydroxyl groups is 1. The van der Waals surface area contributed by atoms with E-state index in [1.165, 1.54) is 0 Å². The van der Waals surface area contributed by atoms with Gasteiger partial charge in [0, 0.05) is 32.9 Å². The van der Waals surface area contributed by atoms with E-state index in [-0.39, 0.29) is 31.4 Å². The van der Waals surface area contributed by atoms with Gasteiger partial charge in [-0.1, -0.05) is 48.6 Å². The van der Waals surface area contributed by atoms with Gasteiger partial charge in [-0.25, -0.2) is 4.44 Å². The second-order valence-electron chi connectivity index (χ2n) is 5.28. The Bertz CT molecular complexity index is 322. The van der Waals surface area contributed by atoms with Gasteiger partial charge in [0.05, 0.1) is 6.10 Å². The van der Waals surface area contributed by atoms with Crippen LogP contribution < -0.4 is 5.32 Å². The Balaban J connectivity index is 4.61. The minimum absolute atomic E-state index is 0.0198. The number of amides is 1. The summed E-state index contributed by atoms with van der Waals surface area (Å²) >= 11 is 0. The second kappa shape index (κ2) is 11.9. The average molecular weight is 426 g/mol. The SMILES string of the molecule is CC(CC(O)C(C)N(P(P)P)P(P)PP)NC(=O)C(C)C. The first-order valence-corrected chi connectivity index (χ1v) is 17.8. The van der Waals surface area contributed by atoms with Gasteiger partial charge in [-0.2, -0.15) is 0 Å². The highest BCUT2D eigenvalue weighted by atomic mass is 32.6. The van der Waals surface area contributed by atoms with Crippen molar-refractivity contribution in [1.82, 2.24) is 9.76 Å². The Kier molecular flexibility index (Phi) is 13.2. The summed E-state index contributed by atoms with van der Waals surface area (Å²) in [5.41, 5.74) is 0. The summed E-state index contributed by atoms with van der Waals surface area (Å²) in [5, 5.41) is 13.5. The average Bonchev–Trinajstić information content (AvgIpc) is 2.37. The Morgan fingerprint density at radius 2 is 1.81 bits per heavy atom. The predicted molar refractivity (Wildman–Crippen MR) is 115 cm³/mol. The monoisotopic (exact) mass is 426 g/mol. The fraction of sp³-hybridized carbons (Fsp3) is 0.900. The molecule has 0 aliphatic heterocycles. The maximum absolute atomic E-state index is 11.7. The van der Waals surface area contributed by atoms with Crippen LogP contribution in [0.3, 0.4) is 0 Å². The molecule has 0 spiro atoms. The lowest BCUT2D eigenvalue weighted by Gasteiger charge is -2.39. The van der Waals surface area contributed by atoms with E-state index in [2.05, 4.69) is 52.4 Å². The summed E-state index contributed by atoms with van der Waals surface area (Å²) in [5.74, 6) is 0.0157. The normalized spacial score (nSPS) is 18.5. The van der Waals surface area contributed by atoms with Crippen molar-refractivity contribution in [3.05, 3.63) is 0 Å². The molecule has 1 amide bonds. The van der Waals surface area contributed by atoms with Gasteiger partial charge >= 0.3 is 0 Å². The van der Waals surface area contributed by atoms with E-state index < -0.39 is 13.6 Å². The first-order chi connectivity index (χ1) is 9.61. The van der Waals surface area contributed by atoms with E-state index in [9.17, 15) is 9.90 Å². The zero-order valence-corrected chi connectivity index (χ0v) is 20.4. The van der Waals surface area contributed by atoms with Crippen LogP contribution in [0.5, 0.6) is 0 Å². The van der Waals surface area contributed by atoms with E-state index in [1.54, 1.807) is 0 Å². The molecule has 9 atom stereocenters. The molecule has 11 heteroatoms. The first-order valence-electron chi connectivity index (χ1n) is 6.69. The van der Waals surface area contributed by atoms with Crippen LogP contribution in [-0.4, -0.2) is 33.6 Å². The molecule has 0 fully saturated rings. The van der Waals surface area contributed by atoms with Gasteiger partial charge in [-0.05, 0) is 20.3 Å². The fourth-order valence-corrected chi connectivity index (χ4v) is 17.2. The molecule has 0 aromatic heterocycles. The van der Waals surface area contributed by atoms with E-state index >= 15 is 0 Å². The van der Waals surface area contributed by atoms with Gasteiger partial charge in [0.2, 0.25) is 5.91 Å². The number of hydrogen-bond donors (Lipinski definition) is 2. The molecule has 126 valence electrons. The quantitative estimate of drug-likeness (QED) is 0.546. The Morgan fingerprint density at radius 1 is 1.29 bits per heavy atom. The molecule has 9 unspecified atom stereocenters. The highest BCUT2D eigenvalue weighted by Crippen LogP contribution is 2.78. The number of aliphatic hydroxyl groups excluding tert-OH is 1. The molecular formula is C10H29N2O2P7. The lowest BCUT2D eigenvalue weighted by Crippen LogP contribution is -2.41. The number of nitrogens with zero attached hydrogens (tertiary/aromatic N) is 1. The van der Waals surface area contributed by atoms with Crippen molar-refractivity contribution in [2.45, 2.75) is 52.3 Å². The zero-order valence-electron chi connectivity index (χ0n) is 13.0. The van der Waals surface area contributed by atoms with Gasteiger partial charge in [0.25, 0.3) is 0 Å². The zero-order chi connectivity index (χ0) is 16.7. The number of carbonyl (C=O) groups excluding carboxylic acids is 1. The van der Waals surface area contributed by atoms with Crippen molar-refractivity contribution in [2.24, 2.45) is 5.92 Å². The van der Waals surface area contributed by atoms with E-state index in [0.717, 1.165) is 7.96 Å². The van der Waals surface area contributed by atoms with Crippen molar-refractivity contribution >= 4 is 64.5 Å². The molecule has 0 aromatic carbocycles.